The third-order valence-electron chi connectivity index (χ3n) is 3.67. The SMILES string of the molecule is CC1Cc2ns/c(=N\c3cc(OC(C)C(=O)O)c(Cl)cc3F)n2C1. The van der Waals surface area contributed by atoms with Crippen LogP contribution in [0.4, 0.5) is 10.1 Å². The lowest BCUT2D eigenvalue weighted by atomic mass is 10.1. The molecule has 9 heteroatoms. The summed E-state index contributed by atoms with van der Waals surface area (Å²) in [6, 6.07) is 2.38. The van der Waals surface area contributed by atoms with E-state index >= 15 is 0 Å². The van der Waals surface area contributed by atoms with E-state index < -0.39 is 17.9 Å². The Bertz CT molecular complexity index is 864. The van der Waals surface area contributed by atoms with Crippen molar-refractivity contribution in [1.29, 1.82) is 0 Å². The number of fused-ring (bicyclic) bond motifs is 1. The number of aromatic nitrogens is 2. The monoisotopic (exact) mass is 371 g/mol. The maximum absolute atomic E-state index is 14.2. The van der Waals surface area contributed by atoms with Gasteiger partial charge in [-0.1, -0.05) is 18.5 Å². The van der Waals surface area contributed by atoms with Gasteiger partial charge in [-0.25, -0.2) is 14.2 Å². The second-order valence-corrected chi connectivity index (χ2v) is 6.88. The van der Waals surface area contributed by atoms with E-state index in [1.54, 1.807) is 0 Å². The number of aliphatic carboxylic acids is 1. The third kappa shape index (κ3) is 3.29. The Morgan fingerprint density at radius 1 is 1.62 bits per heavy atom. The number of benzene rings is 1. The molecule has 1 aromatic heterocycles. The molecule has 1 aromatic carbocycles. The molecule has 1 aliphatic heterocycles. The summed E-state index contributed by atoms with van der Waals surface area (Å²) in [6.45, 7) is 4.27. The van der Waals surface area contributed by atoms with Gasteiger partial charge < -0.3 is 14.4 Å². The summed E-state index contributed by atoms with van der Waals surface area (Å²) in [7, 11) is 0. The van der Waals surface area contributed by atoms with Crippen LogP contribution in [0.5, 0.6) is 5.75 Å². The van der Waals surface area contributed by atoms with Crippen molar-refractivity contribution in [3.63, 3.8) is 0 Å². The molecule has 0 spiro atoms. The summed E-state index contributed by atoms with van der Waals surface area (Å²) in [4.78, 5) is 15.8. The van der Waals surface area contributed by atoms with Crippen LogP contribution < -0.4 is 9.54 Å². The van der Waals surface area contributed by atoms with Crippen LogP contribution in [0.1, 0.15) is 19.7 Å². The summed E-state index contributed by atoms with van der Waals surface area (Å²) < 4.78 is 25.7. The Kier molecular flexibility index (Phi) is 4.60. The van der Waals surface area contributed by atoms with E-state index in [2.05, 4.69) is 16.3 Å². The number of ether oxygens (including phenoxy) is 1. The molecule has 3 rings (SSSR count). The van der Waals surface area contributed by atoms with E-state index in [1.807, 2.05) is 4.57 Å². The number of rotatable bonds is 4. The highest BCUT2D eigenvalue weighted by molar-refractivity contribution is 7.02. The Hall–Kier alpha value is -1.93. The van der Waals surface area contributed by atoms with Gasteiger partial charge >= 0.3 is 5.97 Å². The molecule has 0 aliphatic carbocycles. The third-order valence-corrected chi connectivity index (χ3v) is 4.74. The summed E-state index contributed by atoms with van der Waals surface area (Å²) >= 11 is 7.13. The molecule has 1 N–H and O–H groups in total. The average molecular weight is 372 g/mol. The van der Waals surface area contributed by atoms with Crippen molar-refractivity contribution >= 4 is 34.8 Å². The number of carboxylic acid groups (broad SMARTS) is 1. The molecular formula is C15H15ClFN3O3S. The van der Waals surface area contributed by atoms with Crippen molar-refractivity contribution in [3.05, 3.63) is 33.6 Å². The molecule has 0 amide bonds. The van der Waals surface area contributed by atoms with Crippen molar-refractivity contribution < 1.29 is 19.0 Å². The highest BCUT2D eigenvalue weighted by Gasteiger charge is 2.21. The quantitative estimate of drug-likeness (QED) is 0.896. The first-order valence-corrected chi connectivity index (χ1v) is 8.49. The minimum absolute atomic E-state index is 0.00430. The topological polar surface area (TPSA) is 76.7 Å². The Balaban J connectivity index is 2.00. The maximum atomic E-state index is 14.2. The molecule has 0 saturated heterocycles. The van der Waals surface area contributed by atoms with Gasteiger partial charge in [0.2, 0.25) is 4.80 Å². The highest BCUT2D eigenvalue weighted by Crippen LogP contribution is 2.32. The van der Waals surface area contributed by atoms with Crippen LogP contribution in [-0.4, -0.2) is 26.1 Å². The summed E-state index contributed by atoms with van der Waals surface area (Å²) in [5.74, 6) is -0.258. The summed E-state index contributed by atoms with van der Waals surface area (Å²) in [5.41, 5.74) is 0.0329. The zero-order valence-electron chi connectivity index (χ0n) is 13.0. The van der Waals surface area contributed by atoms with Crippen molar-refractivity contribution in [3.8, 4) is 5.75 Å². The van der Waals surface area contributed by atoms with E-state index in [0.717, 1.165) is 24.9 Å². The van der Waals surface area contributed by atoms with Crippen LogP contribution in [0.25, 0.3) is 0 Å². The lowest BCUT2D eigenvalue weighted by Gasteiger charge is -2.12. The van der Waals surface area contributed by atoms with Crippen LogP contribution in [0, 0.1) is 11.7 Å². The Morgan fingerprint density at radius 2 is 2.38 bits per heavy atom. The Labute approximate surface area is 146 Å². The van der Waals surface area contributed by atoms with Crippen LogP contribution in [-0.2, 0) is 17.8 Å². The maximum Gasteiger partial charge on any atom is 0.344 e. The van der Waals surface area contributed by atoms with E-state index in [1.165, 1.54) is 24.5 Å². The van der Waals surface area contributed by atoms with Gasteiger partial charge in [0.15, 0.2) is 11.9 Å². The zero-order chi connectivity index (χ0) is 17.4. The first-order chi connectivity index (χ1) is 11.3. The highest BCUT2D eigenvalue weighted by atomic mass is 35.5. The lowest BCUT2D eigenvalue weighted by molar-refractivity contribution is -0.144. The van der Waals surface area contributed by atoms with E-state index in [0.29, 0.717) is 10.7 Å². The second kappa shape index (κ2) is 6.52. The fraction of sp³-hybridized carbons (Fsp3) is 0.400. The Morgan fingerprint density at radius 3 is 3.08 bits per heavy atom. The molecule has 2 heterocycles. The molecule has 2 aromatic rings. The molecule has 2 unspecified atom stereocenters. The minimum atomic E-state index is -1.14. The first kappa shape index (κ1) is 16.9. The van der Waals surface area contributed by atoms with Crippen LogP contribution in [0.15, 0.2) is 17.1 Å². The normalized spacial score (nSPS) is 18.5. The van der Waals surface area contributed by atoms with Crippen molar-refractivity contribution in [2.24, 2.45) is 10.9 Å². The molecular weight excluding hydrogens is 357 g/mol. The second-order valence-electron chi connectivity index (χ2n) is 5.75. The number of hydrogen-bond acceptors (Lipinski definition) is 5. The van der Waals surface area contributed by atoms with Gasteiger partial charge in [0.05, 0.1) is 5.02 Å². The predicted octanol–water partition coefficient (Wildman–Crippen LogP) is 3.01. The smallest absolute Gasteiger partial charge is 0.344 e. The molecule has 1 aliphatic rings. The van der Waals surface area contributed by atoms with Gasteiger partial charge in [0.1, 0.15) is 17.3 Å². The fourth-order valence-corrected chi connectivity index (χ4v) is 3.41. The van der Waals surface area contributed by atoms with Gasteiger partial charge in [-0.15, -0.1) is 0 Å². The minimum Gasteiger partial charge on any atom is -0.479 e. The number of nitrogens with zero attached hydrogens (tertiary/aromatic N) is 3. The molecule has 6 nitrogen and oxygen atoms in total. The van der Waals surface area contributed by atoms with Crippen LogP contribution in [0.3, 0.4) is 0 Å². The largest absolute Gasteiger partial charge is 0.479 e. The predicted molar refractivity (Wildman–Crippen MR) is 87.3 cm³/mol. The van der Waals surface area contributed by atoms with E-state index in [9.17, 15) is 9.18 Å². The molecule has 128 valence electrons. The summed E-state index contributed by atoms with van der Waals surface area (Å²) in [5, 5.41) is 8.92. The van der Waals surface area contributed by atoms with Gasteiger partial charge in [0, 0.05) is 30.6 Å². The fourth-order valence-electron chi connectivity index (χ4n) is 2.44. The number of carbonyl (C=O) groups is 1. The van der Waals surface area contributed by atoms with Crippen molar-refractivity contribution in [1.82, 2.24) is 8.94 Å². The molecule has 0 fully saturated rings. The van der Waals surface area contributed by atoms with Crippen LogP contribution in [0.2, 0.25) is 5.02 Å². The molecule has 2 atom stereocenters. The van der Waals surface area contributed by atoms with E-state index in [4.69, 9.17) is 21.4 Å². The molecule has 0 bridgehead atoms. The van der Waals surface area contributed by atoms with Gasteiger partial charge in [-0.2, -0.15) is 4.37 Å². The van der Waals surface area contributed by atoms with Crippen molar-refractivity contribution in [2.45, 2.75) is 32.9 Å². The molecule has 0 saturated carbocycles. The molecule has 24 heavy (non-hydrogen) atoms. The zero-order valence-corrected chi connectivity index (χ0v) is 14.6. The molecule has 0 radical (unpaired) electrons. The summed E-state index contributed by atoms with van der Waals surface area (Å²) in [6.07, 6.45) is -0.233. The van der Waals surface area contributed by atoms with Gasteiger partial charge in [0.25, 0.3) is 0 Å². The van der Waals surface area contributed by atoms with Crippen LogP contribution >= 0.6 is 23.1 Å². The van der Waals surface area contributed by atoms with Gasteiger partial charge in [-0.05, 0) is 18.9 Å². The number of carboxylic acids is 1. The number of halogens is 2. The van der Waals surface area contributed by atoms with Crippen molar-refractivity contribution in [2.75, 3.05) is 0 Å². The van der Waals surface area contributed by atoms with E-state index in [-0.39, 0.29) is 16.5 Å². The number of hydrogen-bond donors (Lipinski definition) is 1. The average Bonchev–Trinajstić information content (AvgIpc) is 3.04. The first-order valence-electron chi connectivity index (χ1n) is 7.33. The van der Waals surface area contributed by atoms with Gasteiger partial charge in [-0.3, -0.25) is 0 Å². The standard InChI is InChI=1S/C15H15ClFN3O3S/c1-7-3-13-19-24-15(20(13)6-7)18-11-5-12(9(16)4-10(11)17)23-8(2)14(21)22/h4-5,7-8H,3,6H2,1-2H3,(H,21,22)/b18-15-. The lowest BCUT2D eigenvalue weighted by Crippen LogP contribution is -2.23.